The largest absolute Gasteiger partial charge is 0.337 e. The van der Waals surface area contributed by atoms with Gasteiger partial charge in [0.05, 0.1) is 66.1 Å². The molecule has 0 saturated heterocycles. The van der Waals surface area contributed by atoms with Gasteiger partial charge in [0.1, 0.15) is 0 Å². The SMILES string of the molecule is [C-]#[N+]/C(C#N)=C\c1cc2c(s1)c1sc3c4sc(/C=C(\C#N)[N+]#[C-])cc4n(CC(CC)CCCC)c3c1n2CC(CC)CCCC. The normalized spacial score (nSPS) is 13.8. The van der Waals surface area contributed by atoms with E-state index in [1.54, 1.807) is 34.8 Å². The number of fused-ring (bicyclic) bond motifs is 7. The first kappa shape index (κ1) is 32.5. The first-order chi connectivity index (χ1) is 21.9. The standard InChI is InChI=1S/C36H38N6S3/c1-7-11-13-23(9-3)21-41-29-17-27(15-25(19-37)39-5)43-33(29)35-31(41)32-36(45-35)34-30(18-28(44-34)16-26(20-38)40-6)42(32)22-24(10-4)14-12-8-2/h15-18,23-24H,7-14,21-22H2,1-4H3/b25-15-,26-16+. The highest BCUT2D eigenvalue weighted by atomic mass is 32.1. The van der Waals surface area contributed by atoms with Crippen molar-refractivity contribution in [3.8, 4) is 12.1 Å². The molecule has 2 atom stereocenters. The van der Waals surface area contributed by atoms with Crippen LogP contribution in [0, 0.1) is 47.6 Å². The van der Waals surface area contributed by atoms with Crippen molar-refractivity contribution >= 4 is 87.0 Å². The van der Waals surface area contributed by atoms with Crippen LogP contribution in [0.15, 0.2) is 23.5 Å². The van der Waals surface area contributed by atoms with Crippen molar-refractivity contribution in [3.63, 3.8) is 0 Å². The van der Waals surface area contributed by atoms with Gasteiger partial charge in [-0.2, -0.15) is 0 Å². The van der Waals surface area contributed by atoms with E-state index < -0.39 is 0 Å². The Morgan fingerprint density at radius 3 is 1.49 bits per heavy atom. The minimum Gasteiger partial charge on any atom is -0.337 e. The van der Waals surface area contributed by atoms with Gasteiger partial charge < -0.3 is 9.13 Å². The second-order valence-electron chi connectivity index (χ2n) is 11.7. The number of aromatic nitrogens is 2. The Labute approximate surface area is 277 Å². The van der Waals surface area contributed by atoms with Crippen molar-refractivity contribution in [3.05, 3.63) is 56.1 Å². The zero-order valence-electron chi connectivity index (χ0n) is 26.4. The molecule has 9 heteroatoms. The molecular weight excluding hydrogens is 613 g/mol. The van der Waals surface area contributed by atoms with Crippen LogP contribution in [-0.2, 0) is 13.1 Å². The summed E-state index contributed by atoms with van der Waals surface area (Å²) in [5, 5.41) is 18.9. The molecule has 0 N–H and O–H groups in total. The van der Waals surface area contributed by atoms with Crippen LogP contribution in [0.1, 0.15) is 88.8 Å². The van der Waals surface area contributed by atoms with Crippen molar-refractivity contribution in [2.75, 3.05) is 0 Å². The molecule has 0 spiro atoms. The van der Waals surface area contributed by atoms with Gasteiger partial charge in [-0.15, -0.1) is 34.0 Å². The molecule has 5 rings (SSSR count). The summed E-state index contributed by atoms with van der Waals surface area (Å²) in [7, 11) is 0. The van der Waals surface area contributed by atoms with Crippen LogP contribution in [-0.4, -0.2) is 9.13 Å². The number of thiophene rings is 3. The van der Waals surface area contributed by atoms with Gasteiger partial charge in [-0.1, -0.05) is 66.2 Å². The summed E-state index contributed by atoms with van der Waals surface area (Å²) < 4.78 is 10.1. The van der Waals surface area contributed by atoms with E-state index in [0.29, 0.717) is 11.8 Å². The van der Waals surface area contributed by atoms with Gasteiger partial charge >= 0.3 is 0 Å². The third-order valence-corrected chi connectivity index (χ3v) is 12.5. The molecule has 0 amide bonds. The summed E-state index contributed by atoms with van der Waals surface area (Å²) in [6.45, 7) is 25.8. The highest BCUT2D eigenvalue weighted by Crippen LogP contribution is 2.50. The minimum atomic E-state index is 0.105. The van der Waals surface area contributed by atoms with E-state index in [2.05, 4.69) is 58.7 Å². The van der Waals surface area contributed by atoms with Crippen molar-refractivity contribution < 1.29 is 0 Å². The molecule has 230 valence electrons. The van der Waals surface area contributed by atoms with E-state index in [4.69, 9.17) is 13.1 Å². The van der Waals surface area contributed by atoms with Crippen molar-refractivity contribution in [1.82, 2.24) is 9.13 Å². The van der Waals surface area contributed by atoms with Crippen LogP contribution in [0.4, 0.5) is 0 Å². The lowest BCUT2D eigenvalue weighted by Gasteiger charge is -2.19. The Hall–Kier alpha value is -3.86. The molecule has 2 unspecified atom stereocenters. The van der Waals surface area contributed by atoms with Gasteiger partial charge in [-0.05, 0) is 49.0 Å². The van der Waals surface area contributed by atoms with E-state index in [9.17, 15) is 10.5 Å². The fourth-order valence-electron chi connectivity index (χ4n) is 6.31. The molecule has 0 bridgehead atoms. The van der Waals surface area contributed by atoms with Crippen LogP contribution in [0.25, 0.3) is 62.7 Å². The van der Waals surface area contributed by atoms with Crippen LogP contribution < -0.4 is 0 Å². The molecule has 0 radical (unpaired) electrons. The van der Waals surface area contributed by atoms with E-state index >= 15 is 0 Å². The maximum absolute atomic E-state index is 9.44. The molecule has 0 aromatic carbocycles. The molecule has 0 fully saturated rings. The molecule has 45 heavy (non-hydrogen) atoms. The average Bonchev–Trinajstić information content (AvgIpc) is 3.85. The third-order valence-electron chi connectivity index (χ3n) is 8.85. The number of allylic oxidation sites excluding steroid dienone is 2. The summed E-state index contributed by atoms with van der Waals surface area (Å²) in [5.41, 5.74) is 5.21. The van der Waals surface area contributed by atoms with Crippen molar-refractivity contribution in [1.29, 1.82) is 10.5 Å². The molecule has 5 aromatic heterocycles. The monoisotopic (exact) mass is 650 g/mol. The summed E-state index contributed by atoms with van der Waals surface area (Å²) in [6, 6.07) is 8.40. The van der Waals surface area contributed by atoms with E-state index in [-0.39, 0.29) is 11.4 Å². The van der Waals surface area contributed by atoms with Gasteiger partial charge in [-0.3, -0.25) is 0 Å². The van der Waals surface area contributed by atoms with Gasteiger partial charge in [0.15, 0.2) is 0 Å². The molecule has 0 aliphatic rings. The Morgan fingerprint density at radius 2 is 1.16 bits per heavy atom. The van der Waals surface area contributed by atoms with E-state index in [1.165, 1.54) is 79.4 Å². The molecular formula is C36H38N6S3. The van der Waals surface area contributed by atoms with Gasteiger partial charge in [-0.25, -0.2) is 20.2 Å². The second-order valence-corrected chi connectivity index (χ2v) is 14.9. The smallest absolute Gasteiger partial charge is 0.263 e. The number of nitrogens with zero attached hydrogens (tertiary/aromatic N) is 6. The highest BCUT2D eigenvalue weighted by molar-refractivity contribution is 7.34. The highest BCUT2D eigenvalue weighted by Gasteiger charge is 2.27. The van der Waals surface area contributed by atoms with Gasteiger partial charge in [0, 0.05) is 22.8 Å². The molecule has 0 aliphatic heterocycles. The summed E-state index contributed by atoms with van der Waals surface area (Å²) in [4.78, 5) is 8.69. The molecule has 6 nitrogen and oxygen atoms in total. The van der Waals surface area contributed by atoms with Crippen LogP contribution in [0.5, 0.6) is 0 Å². The third kappa shape index (κ3) is 6.32. The van der Waals surface area contributed by atoms with Crippen molar-refractivity contribution in [2.45, 2.75) is 92.2 Å². The number of unbranched alkanes of at least 4 members (excludes halogenated alkanes) is 2. The maximum Gasteiger partial charge on any atom is 0.263 e. The fraction of sp³-hybridized carbons (Fsp3) is 0.444. The fourth-order valence-corrected chi connectivity index (χ4v) is 10.1. The lowest BCUT2D eigenvalue weighted by molar-refractivity contribution is 0.398. The first-order valence-corrected chi connectivity index (χ1v) is 18.4. The average molecular weight is 651 g/mol. The number of hydrogen-bond donors (Lipinski definition) is 0. The number of rotatable bonds is 14. The molecule has 0 aliphatic carbocycles. The zero-order chi connectivity index (χ0) is 32.1. The minimum absolute atomic E-state index is 0.105. The van der Waals surface area contributed by atoms with Crippen molar-refractivity contribution in [2.24, 2.45) is 11.8 Å². The molecule has 5 aromatic rings. The van der Waals surface area contributed by atoms with Crippen LogP contribution in [0.2, 0.25) is 0 Å². The van der Waals surface area contributed by atoms with E-state index in [1.807, 2.05) is 23.5 Å². The summed E-state index contributed by atoms with van der Waals surface area (Å²) >= 11 is 5.19. The predicted octanol–water partition coefficient (Wildman–Crippen LogP) is 12.1. The Bertz CT molecular complexity index is 1900. The molecule has 0 saturated carbocycles. The topological polar surface area (TPSA) is 66.2 Å². The van der Waals surface area contributed by atoms with Gasteiger partial charge in [0.2, 0.25) is 0 Å². The Kier molecular flexibility index (Phi) is 10.5. The maximum atomic E-state index is 9.44. The summed E-state index contributed by atoms with van der Waals surface area (Å²) in [5.74, 6) is 1.12. The van der Waals surface area contributed by atoms with Gasteiger partial charge in [0.25, 0.3) is 11.4 Å². The van der Waals surface area contributed by atoms with E-state index in [0.717, 1.165) is 35.7 Å². The Morgan fingerprint density at radius 1 is 0.733 bits per heavy atom. The predicted molar refractivity (Wildman–Crippen MR) is 193 cm³/mol. The zero-order valence-corrected chi connectivity index (χ0v) is 28.9. The number of hydrogen-bond acceptors (Lipinski definition) is 5. The first-order valence-electron chi connectivity index (χ1n) is 15.9. The Balaban J connectivity index is 1.82. The second kappa shape index (κ2) is 14.5. The van der Waals surface area contributed by atoms with Crippen LogP contribution in [0.3, 0.4) is 0 Å². The lowest BCUT2D eigenvalue weighted by Crippen LogP contribution is -2.12. The van der Waals surface area contributed by atoms with Crippen LogP contribution >= 0.6 is 34.0 Å². The molecule has 5 heterocycles. The quantitative estimate of drug-likeness (QED) is 0.0886. The summed E-state index contributed by atoms with van der Waals surface area (Å²) in [6.07, 6.45) is 12.8. The number of nitriles is 2. The lowest BCUT2D eigenvalue weighted by atomic mass is 9.99.